The molecule has 0 N–H and O–H groups in total. The van der Waals surface area contributed by atoms with Crippen molar-refractivity contribution >= 4 is 12.3 Å². The second kappa shape index (κ2) is 9.83. The van der Waals surface area contributed by atoms with Crippen LogP contribution in [0.2, 0.25) is 0 Å². The molecule has 4 aromatic rings. The Morgan fingerprint density at radius 1 is 0.697 bits per heavy atom. The number of allylic oxidation sites excluding steroid dienone is 1. The largest absolute Gasteiger partial charge is 0.288 e. The maximum Gasteiger partial charge on any atom is 0.0992 e. The van der Waals surface area contributed by atoms with E-state index in [0.29, 0.717) is 0 Å². The number of hydrogen-bond donors (Lipinski definition) is 0. The summed E-state index contributed by atoms with van der Waals surface area (Å²) >= 11 is 0. The first-order chi connectivity index (χ1) is 16.0. The smallest absolute Gasteiger partial charge is 0.0992 e. The molecule has 0 saturated carbocycles. The molecule has 33 heavy (non-hydrogen) atoms. The standard InChI is InChI=1S/C32H31N/c1-24(26-11-7-5-8-12-26)23-25-15-19-29(20-16-25)32(2,3)30-21-17-28(18-22-30)31(33-4)27-13-9-6-10-14-27/h5-22,31H,1,4,23H2,2-3H3. The van der Waals surface area contributed by atoms with Crippen molar-refractivity contribution in [3.63, 3.8) is 0 Å². The van der Waals surface area contributed by atoms with Gasteiger partial charge < -0.3 is 0 Å². The summed E-state index contributed by atoms with van der Waals surface area (Å²) in [5.74, 6) is 0. The predicted octanol–water partition coefficient (Wildman–Crippen LogP) is 8.06. The van der Waals surface area contributed by atoms with Crippen molar-refractivity contribution in [2.45, 2.75) is 31.7 Å². The van der Waals surface area contributed by atoms with Gasteiger partial charge in [-0.3, -0.25) is 4.99 Å². The van der Waals surface area contributed by atoms with Gasteiger partial charge >= 0.3 is 0 Å². The molecule has 1 nitrogen and oxygen atoms in total. The first kappa shape index (κ1) is 22.5. The second-order valence-electron chi connectivity index (χ2n) is 9.09. The Balaban J connectivity index is 1.51. The second-order valence-corrected chi connectivity index (χ2v) is 9.09. The highest BCUT2D eigenvalue weighted by Crippen LogP contribution is 2.34. The highest BCUT2D eigenvalue weighted by Gasteiger charge is 2.23. The van der Waals surface area contributed by atoms with E-state index in [0.717, 1.165) is 23.1 Å². The minimum atomic E-state index is -0.0999. The summed E-state index contributed by atoms with van der Waals surface area (Å²) in [7, 11) is 0. The maximum absolute atomic E-state index is 4.38. The molecular weight excluding hydrogens is 398 g/mol. The van der Waals surface area contributed by atoms with E-state index in [9.17, 15) is 0 Å². The fourth-order valence-corrected chi connectivity index (χ4v) is 4.35. The Bertz CT molecular complexity index is 1200. The molecule has 0 aliphatic carbocycles. The van der Waals surface area contributed by atoms with Crippen molar-refractivity contribution in [2.24, 2.45) is 4.99 Å². The molecule has 1 heteroatoms. The van der Waals surface area contributed by atoms with Crippen molar-refractivity contribution in [1.29, 1.82) is 0 Å². The Labute approximate surface area is 198 Å². The van der Waals surface area contributed by atoms with Gasteiger partial charge in [-0.15, -0.1) is 0 Å². The van der Waals surface area contributed by atoms with Gasteiger partial charge in [-0.2, -0.15) is 0 Å². The van der Waals surface area contributed by atoms with Crippen LogP contribution in [-0.2, 0) is 11.8 Å². The average molecular weight is 430 g/mol. The fraction of sp³-hybridized carbons (Fsp3) is 0.156. The number of benzene rings is 4. The lowest BCUT2D eigenvalue weighted by Crippen LogP contribution is -2.19. The molecule has 0 fully saturated rings. The summed E-state index contributed by atoms with van der Waals surface area (Å²) in [5, 5.41) is 0. The monoisotopic (exact) mass is 429 g/mol. The van der Waals surface area contributed by atoms with Crippen molar-refractivity contribution < 1.29 is 0 Å². The first-order valence-corrected chi connectivity index (χ1v) is 11.4. The quantitative estimate of drug-likeness (QED) is 0.251. The minimum Gasteiger partial charge on any atom is -0.288 e. The summed E-state index contributed by atoms with van der Waals surface area (Å²) in [6.45, 7) is 12.7. The fourth-order valence-electron chi connectivity index (χ4n) is 4.35. The molecule has 0 aliphatic heterocycles. The number of aliphatic imine (C=N–C) groups is 1. The van der Waals surface area contributed by atoms with Gasteiger partial charge in [-0.1, -0.05) is 130 Å². The van der Waals surface area contributed by atoms with Gasteiger partial charge in [0.25, 0.3) is 0 Å². The van der Waals surface area contributed by atoms with Crippen molar-refractivity contribution in [1.82, 2.24) is 0 Å². The maximum atomic E-state index is 4.38. The molecule has 0 aromatic heterocycles. The van der Waals surface area contributed by atoms with Crippen LogP contribution in [0, 0.1) is 0 Å². The van der Waals surface area contributed by atoms with E-state index in [2.05, 4.69) is 117 Å². The van der Waals surface area contributed by atoms with Crippen LogP contribution in [0.1, 0.15) is 53.3 Å². The molecule has 0 amide bonds. The van der Waals surface area contributed by atoms with Crippen molar-refractivity contribution in [2.75, 3.05) is 0 Å². The molecule has 0 spiro atoms. The Morgan fingerprint density at radius 3 is 1.73 bits per heavy atom. The minimum absolute atomic E-state index is 0.0413. The molecule has 0 bridgehead atoms. The molecule has 0 heterocycles. The zero-order valence-electron chi connectivity index (χ0n) is 19.5. The van der Waals surface area contributed by atoms with E-state index in [1.54, 1.807) is 0 Å². The van der Waals surface area contributed by atoms with Gasteiger partial charge in [0, 0.05) is 5.41 Å². The molecule has 0 radical (unpaired) electrons. The van der Waals surface area contributed by atoms with E-state index in [-0.39, 0.29) is 11.5 Å². The van der Waals surface area contributed by atoms with Crippen LogP contribution < -0.4 is 0 Å². The lowest BCUT2D eigenvalue weighted by molar-refractivity contribution is 0.640. The van der Waals surface area contributed by atoms with Gasteiger partial charge in [0.15, 0.2) is 0 Å². The van der Waals surface area contributed by atoms with Gasteiger partial charge in [0.2, 0.25) is 0 Å². The highest BCUT2D eigenvalue weighted by molar-refractivity contribution is 5.65. The summed E-state index contributed by atoms with van der Waals surface area (Å²) in [5.41, 5.74) is 8.41. The Morgan fingerprint density at radius 2 is 1.18 bits per heavy atom. The molecule has 1 atom stereocenters. The first-order valence-electron chi connectivity index (χ1n) is 11.4. The predicted molar refractivity (Wildman–Crippen MR) is 142 cm³/mol. The lowest BCUT2D eigenvalue weighted by Gasteiger charge is -2.27. The van der Waals surface area contributed by atoms with Crippen LogP contribution in [0.5, 0.6) is 0 Å². The molecule has 4 rings (SSSR count). The van der Waals surface area contributed by atoms with Gasteiger partial charge in [-0.05, 0) is 52.1 Å². The normalized spacial score (nSPS) is 12.2. The Kier molecular flexibility index (Phi) is 6.70. The van der Waals surface area contributed by atoms with Crippen LogP contribution in [0.15, 0.2) is 121 Å². The van der Waals surface area contributed by atoms with Crippen LogP contribution >= 0.6 is 0 Å². The molecule has 1 unspecified atom stereocenters. The van der Waals surface area contributed by atoms with Gasteiger partial charge in [0.1, 0.15) is 0 Å². The van der Waals surface area contributed by atoms with Crippen LogP contribution in [0.4, 0.5) is 0 Å². The lowest BCUT2D eigenvalue weighted by atomic mass is 9.77. The van der Waals surface area contributed by atoms with Crippen LogP contribution in [-0.4, -0.2) is 6.72 Å². The Hall–Kier alpha value is -3.71. The number of hydrogen-bond acceptors (Lipinski definition) is 1. The summed E-state index contributed by atoms with van der Waals surface area (Å²) in [4.78, 5) is 4.38. The van der Waals surface area contributed by atoms with Gasteiger partial charge in [0.05, 0.1) is 6.04 Å². The number of nitrogens with zero attached hydrogens (tertiary/aromatic N) is 1. The van der Waals surface area contributed by atoms with Crippen molar-refractivity contribution in [3.8, 4) is 0 Å². The zero-order chi connectivity index (χ0) is 23.3. The van der Waals surface area contributed by atoms with E-state index in [1.165, 1.54) is 22.3 Å². The SMILES string of the molecule is C=NC(c1ccccc1)c1ccc(C(C)(C)c2ccc(CC(=C)c3ccccc3)cc2)cc1. The average Bonchev–Trinajstić information content (AvgIpc) is 2.86. The molecule has 0 saturated heterocycles. The summed E-state index contributed by atoms with van der Waals surface area (Å²) < 4.78 is 0. The molecule has 4 aromatic carbocycles. The summed E-state index contributed by atoms with van der Waals surface area (Å²) in [6, 6.07) is 38.4. The van der Waals surface area contributed by atoms with Gasteiger partial charge in [-0.25, -0.2) is 0 Å². The third-order valence-electron chi connectivity index (χ3n) is 6.52. The zero-order valence-corrected chi connectivity index (χ0v) is 19.5. The third-order valence-corrected chi connectivity index (χ3v) is 6.52. The number of rotatable bonds is 8. The van der Waals surface area contributed by atoms with E-state index in [1.807, 2.05) is 24.3 Å². The molecular formula is C32H31N. The van der Waals surface area contributed by atoms with Crippen LogP contribution in [0.25, 0.3) is 5.57 Å². The van der Waals surface area contributed by atoms with E-state index < -0.39 is 0 Å². The van der Waals surface area contributed by atoms with Crippen LogP contribution in [0.3, 0.4) is 0 Å². The topological polar surface area (TPSA) is 12.4 Å². The third kappa shape index (κ3) is 5.04. The molecule has 164 valence electrons. The summed E-state index contributed by atoms with van der Waals surface area (Å²) in [6.07, 6.45) is 0.856. The molecule has 0 aliphatic rings. The highest BCUT2D eigenvalue weighted by atomic mass is 14.7. The van der Waals surface area contributed by atoms with E-state index in [4.69, 9.17) is 0 Å². The van der Waals surface area contributed by atoms with Crippen molar-refractivity contribution in [3.05, 3.63) is 149 Å². The van der Waals surface area contributed by atoms with E-state index >= 15 is 0 Å².